The van der Waals surface area contributed by atoms with Crippen LogP contribution in [0, 0.1) is 0 Å². The number of fused-ring (bicyclic) bond motifs is 1. The molecule has 8 heteroatoms. The van der Waals surface area contributed by atoms with Gasteiger partial charge in [-0.05, 0) is 36.5 Å². The van der Waals surface area contributed by atoms with Crippen LogP contribution in [0.15, 0.2) is 36.8 Å². The second kappa shape index (κ2) is 6.56. The van der Waals surface area contributed by atoms with Crippen molar-refractivity contribution >= 4 is 23.6 Å². The average Bonchev–Trinajstić information content (AvgIpc) is 3.44. The number of carbonyl (C=O) groups excluding carboxylic acids is 1. The molecule has 4 heterocycles. The van der Waals surface area contributed by atoms with Crippen molar-refractivity contribution in [1.82, 2.24) is 14.4 Å². The molecule has 0 atom stereocenters. The molecule has 3 aromatic rings. The number of anilines is 2. The Labute approximate surface area is 160 Å². The van der Waals surface area contributed by atoms with E-state index in [1.165, 1.54) is 5.56 Å². The first-order valence-corrected chi connectivity index (χ1v) is 9.33. The molecule has 7 nitrogen and oxygen atoms in total. The summed E-state index contributed by atoms with van der Waals surface area (Å²) in [4.78, 5) is 19.3. The Morgan fingerprint density at radius 3 is 2.89 bits per heavy atom. The zero-order valence-corrected chi connectivity index (χ0v) is 15.2. The fraction of sp³-hybridized carbons (Fsp3) is 0.350. The molecule has 1 aliphatic heterocycles. The van der Waals surface area contributed by atoms with Gasteiger partial charge in [-0.3, -0.25) is 4.79 Å². The highest BCUT2D eigenvalue weighted by Gasteiger charge is 2.43. The average molecular weight is 381 g/mol. The molecule has 144 valence electrons. The van der Waals surface area contributed by atoms with Crippen LogP contribution in [0.3, 0.4) is 0 Å². The molecule has 1 aliphatic carbocycles. The molecule has 0 bridgehead atoms. The summed E-state index contributed by atoms with van der Waals surface area (Å²) in [6.07, 6.45) is 8.51. The molecule has 2 aliphatic rings. The summed E-state index contributed by atoms with van der Waals surface area (Å²) in [5.74, 6) is 0.994. The quantitative estimate of drug-likeness (QED) is 0.615. The number of carbonyl (C=O) groups is 1. The van der Waals surface area contributed by atoms with Crippen molar-refractivity contribution in [3.8, 4) is 0 Å². The second-order valence-electron chi connectivity index (χ2n) is 7.43. The van der Waals surface area contributed by atoms with E-state index in [0.717, 1.165) is 24.2 Å². The molecule has 5 rings (SSSR count). The van der Waals surface area contributed by atoms with Crippen LogP contribution >= 0.6 is 0 Å². The van der Waals surface area contributed by atoms with E-state index in [-0.39, 0.29) is 13.2 Å². The summed E-state index contributed by atoms with van der Waals surface area (Å²) in [5, 5.41) is 5.79. The summed E-state index contributed by atoms with van der Waals surface area (Å²) < 4.78 is 22.2. The normalized spacial score (nSPS) is 17.9. The third-order valence-corrected chi connectivity index (χ3v) is 5.26. The predicted molar refractivity (Wildman–Crippen MR) is 102 cm³/mol. The monoisotopic (exact) mass is 381 g/mol. The number of nitrogens with one attached hydrogen (secondary N) is 2. The zero-order valence-electron chi connectivity index (χ0n) is 15.2. The number of imidazole rings is 1. The van der Waals surface area contributed by atoms with Crippen molar-refractivity contribution in [2.24, 2.45) is 0 Å². The summed E-state index contributed by atoms with van der Waals surface area (Å²) in [5.41, 5.74) is 2.59. The number of nitrogens with zero attached hydrogens (tertiary/aromatic N) is 3. The van der Waals surface area contributed by atoms with Gasteiger partial charge in [0.05, 0.1) is 25.5 Å². The first kappa shape index (κ1) is 17.1. The molecule has 1 amide bonds. The lowest BCUT2D eigenvalue weighted by atomic mass is 9.93. The minimum Gasteiger partial charge on any atom is -0.379 e. The number of ether oxygens (including phenoxy) is 1. The lowest BCUT2D eigenvalue weighted by molar-refractivity contribution is -0.134. The standard InChI is InChI=1S/C20H20FN5O2/c21-20(10-28-11-20)17-5-14(13-1-2-13)8-26-9-16(25-19(17)26)7-23-15-3-4-22-18(6-15)24-12-27/h3-6,8-9,12-13H,1-2,7,10-11H2,(H2,22,23,24,27). The number of aromatic nitrogens is 3. The van der Waals surface area contributed by atoms with Gasteiger partial charge in [0, 0.05) is 35.9 Å². The smallest absolute Gasteiger partial charge is 0.212 e. The van der Waals surface area contributed by atoms with Gasteiger partial charge in [0.25, 0.3) is 0 Å². The van der Waals surface area contributed by atoms with E-state index in [9.17, 15) is 4.79 Å². The van der Waals surface area contributed by atoms with Gasteiger partial charge in [0.2, 0.25) is 6.41 Å². The Balaban J connectivity index is 1.43. The summed E-state index contributed by atoms with van der Waals surface area (Å²) in [6.45, 7) is 0.641. The van der Waals surface area contributed by atoms with Crippen molar-refractivity contribution in [1.29, 1.82) is 0 Å². The van der Waals surface area contributed by atoms with E-state index in [2.05, 4.69) is 26.8 Å². The van der Waals surface area contributed by atoms with Crippen LogP contribution in [-0.2, 0) is 21.7 Å². The fourth-order valence-electron chi connectivity index (χ4n) is 3.54. The Morgan fingerprint density at radius 1 is 1.32 bits per heavy atom. The highest BCUT2D eigenvalue weighted by atomic mass is 19.1. The molecule has 1 saturated heterocycles. The van der Waals surface area contributed by atoms with Crippen LogP contribution in [0.5, 0.6) is 0 Å². The molecule has 0 aromatic carbocycles. The summed E-state index contributed by atoms with van der Waals surface area (Å²) in [7, 11) is 0. The summed E-state index contributed by atoms with van der Waals surface area (Å²) in [6, 6.07) is 5.52. The van der Waals surface area contributed by atoms with Crippen LogP contribution in [0.25, 0.3) is 5.65 Å². The molecule has 2 N–H and O–H groups in total. The maximum absolute atomic E-state index is 15.2. The number of halogens is 1. The van der Waals surface area contributed by atoms with Crippen LogP contribution in [0.1, 0.15) is 35.6 Å². The van der Waals surface area contributed by atoms with Gasteiger partial charge in [-0.15, -0.1) is 0 Å². The maximum Gasteiger partial charge on any atom is 0.212 e. The Morgan fingerprint density at radius 2 is 2.18 bits per heavy atom. The SMILES string of the molecule is O=CNc1cc(NCc2cn3cc(C4CC4)cc(C4(F)COC4)c3n2)ccn1. The summed E-state index contributed by atoms with van der Waals surface area (Å²) >= 11 is 0. The molecular weight excluding hydrogens is 361 g/mol. The van der Waals surface area contributed by atoms with Gasteiger partial charge < -0.3 is 19.8 Å². The van der Waals surface area contributed by atoms with Gasteiger partial charge in [0.1, 0.15) is 11.5 Å². The van der Waals surface area contributed by atoms with Crippen molar-refractivity contribution in [2.75, 3.05) is 23.8 Å². The number of pyridine rings is 2. The fourth-order valence-corrected chi connectivity index (χ4v) is 3.54. The van der Waals surface area contributed by atoms with Crippen LogP contribution in [-0.4, -0.2) is 34.0 Å². The van der Waals surface area contributed by atoms with Crippen molar-refractivity contribution in [2.45, 2.75) is 31.0 Å². The van der Waals surface area contributed by atoms with E-state index in [1.807, 2.05) is 22.7 Å². The number of hydrogen-bond donors (Lipinski definition) is 2. The molecule has 28 heavy (non-hydrogen) atoms. The van der Waals surface area contributed by atoms with E-state index < -0.39 is 5.67 Å². The highest BCUT2D eigenvalue weighted by molar-refractivity contribution is 5.70. The molecule has 0 radical (unpaired) electrons. The van der Waals surface area contributed by atoms with Gasteiger partial charge in [-0.2, -0.15) is 0 Å². The van der Waals surface area contributed by atoms with E-state index >= 15 is 4.39 Å². The van der Waals surface area contributed by atoms with Crippen LogP contribution in [0.2, 0.25) is 0 Å². The minimum absolute atomic E-state index is 0.0841. The van der Waals surface area contributed by atoms with Gasteiger partial charge >= 0.3 is 0 Å². The maximum atomic E-state index is 15.2. The van der Waals surface area contributed by atoms with Gasteiger partial charge in [-0.25, -0.2) is 14.4 Å². The third kappa shape index (κ3) is 3.09. The van der Waals surface area contributed by atoms with Crippen LogP contribution in [0.4, 0.5) is 15.9 Å². The Hall–Kier alpha value is -3.00. The van der Waals surface area contributed by atoms with Crippen molar-refractivity contribution < 1.29 is 13.9 Å². The largest absolute Gasteiger partial charge is 0.379 e. The topological polar surface area (TPSA) is 80.6 Å². The van der Waals surface area contributed by atoms with E-state index in [0.29, 0.717) is 35.9 Å². The minimum atomic E-state index is -1.46. The molecular formula is C20H20FN5O2. The van der Waals surface area contributed by atoms with Gasteiger partial charge in [0.15, 0.2) is 5.67 Å². The number of amides is 1. The molecule has 2 fully saturated rings. The number of rotatable bonds is 7. The van der Waals surface area contributed by atoms with Crippen LogP contribution < -0.4 is 10.6 Å². The van der Waals surface area contributed by atoms with E-state index in [4.69, 9.17) is 4.74 Å². The van der Waals surface area contributed by atoms with Gasteiger partial charge in [-0.1, -0.05) is 0 Å². The van der Waals surface area contributed by atoms with E-state index in [1.54, 1.807) is 12.3 Å². The number of alkyl halides is 1. The van der Waals surface area contributed by atoms with Crippen molar-refractivity contribution in [3.63, 3.8) is 0 Å². The molecule has 0 unspecified atom stereocenters. The Kier molecular flexibility index (Phi) is 4.01. The molecule has 1 saturated carbocycles. The molecule has 0 spiro atoms. The number of hydrogen-bond acceptors (Lipinski definition) is 5. The second-order valence-corrected chi connectivity index (χ2v) is 7.43. The lowest BCUT2D eigenvalue weighted by Gasteiger charge is -2.34. The third-order valence-electron chi connectivity index (χ3n) is 5.26. The Bertz CT molecular complexity index is 1040. The lowest BCUT2D eigenvalue weighted by Crippen LogP contribution is -2.43. The first-order valence-electron chi connectivity index (χ1n) is 9.33. The van der Waals surface area contributed by atoms with Crippen molar-refractivity contribution in [3.05, 3.63) is 53.6 Å². The predicted octanol–water partition coefficient (Wildman–Crippen LogP) is 2.98. The zero-order chi connectivity index (χ0) is 19.1. The highest BCUT2D eigenvalue weighted by Crippen LogP contribution is 2.43. The first-order chi connectivity index (χ1) is 13.6. The molecule has 3 aromatic heterocycles.